The van der Waals surface area contributed by atoms with Gasteiger partial charge in [-0.3, -0.25) is 0 Å². The number of hydrogen-bond acceptors (Lipinski definition) is 5. The molecule has 5 atom stereocenters. The Balaban J connectivity index is 2.66. The molecule has 1 heterocycles. The maximum Gasteiger partial charge on any atom is 0.186 e. The van der Waals surface area contributed by atoms with Crippen LogP contribution in [0.2, 0.25) is 0 Å². The van der Waals surface area contributed by atoms with Gasteiger partial charge in [0.1, 0.15) is 18.3 Å². The average Bonchev–Trinajstić information content (AvgIpc) is 2.15. The second-order valence-corrected chi connectivity index (χ2v) is 3.55. The molecule has 1 fully saturated rings. The van der Waals surface area contributed by atoms with Crippen molar-refractivity contribution < 1.29 is 24.8 Å². The fraction of sp³-hybridized carbons (Fsp3) is 1.00. The van der Waals surface area contributed by atoms with Crippen LogP contribution in [0.5, 0.6) is 0 Å². The Morgan fingerprint density at radius 2 is 1.85 bits per heavy atom. The van der Waals surface area contributed by atoms with E-state index in [4.69, 9.17) is 9.47 Å². The molecular formula is C7H13BrO5. The van der Waals surface area contributed by atoms with Crippen LogP contribution in [-0.2, 0) is 9.47 Å². The van der Waals surface area contributed by atoms with Gasteiger partial charge in [-0.05, 0) is 0 Å². The molecule has 0 bridgehead atoms. The van der Waals surface area contributed by atoms with E-state index in [0.717, 1.165) is 0 Å². The quantitative estimate of drug-likeness (QED) is 0.543. The molecule has 6 heteroatoms. The lowest BCUT2D eigenvalue weighted by Crippen LogP contribution is -2.58. The number of ether oxygens (including phenoxy) is 2. The van der Waals surface area contributed by atoms with Crippen LogP contribution < -0.4 is 0 Å². The van der Waals surface area contributed by atoms with Gasteiger partial charge in [0.2, 0.25) is 0 Å². The SMILES string of the molecule is CO[C@H]1OC(CBr)[C@@H](O)[C@H](O)C1O. The van der Waals surface area contributed by atoms with E-state index in [2.05, 4.69) is 15.9 Å². The topological polar surface area (TPSA) is 79.2 Å². The summed E-state index contributed by atoms with van der Waals surface area (Å²) in [6, 6.07) is 0. The lowest BCUT2D eigenvalue weighted by molar-refractivity contribution is -0.284. The smallest absolute Gasteiger partial charge is 0.186 e. The van der Waals surface area contributed by atoms with E-state index in [9.17, 15) is 15.3 Å². The van der Waals surface area contributed by atoms with Crippen LogP contribution in [0, 0.1) is 0 Å². The number of halogens is 1. The molecule has 0 amide bonds. The first kappa shape index (κ1) is 11.4. The molecule has 1 aliphatic heterocycles. The average molecular weight is 257 g/mol. The van der Waals surface area contributed by atoms with Gasteiger partial charge in [0.05, 0.1) is 6.10 Å². The zero-order valence-corrected chi connectivity index (χ0v) is 8.72. The molecule has 13 heavy (non-hydrogen) atoms. The number of aliphatic hydroxyl groups is 3. The lowest BCUT2D eigenvalue weighted by Gasteiger charge is -2.39. The van der Waals surface area contributed by atoms with Gasteiger partial charge in [0.15, 0.2) is 6.29 Å². The molecule has 3 N–H and O–H groups in total. The highest BCUT2D eigenvalue weighted by Gasteiger charge is 2.43. The predicted octanol–water partition coefficient (Wildman–Crippen LogP) is -1.16. The zero-order valence-electron chi connectivity index (χ0n) is 7.13. The number of hydrogen-bond donors (Lipinski definition) is 3. The Hall–Kier alpha value is 0.280. The van der Waals surface area contributed by atoms with Crippen LogP contribution in [0.1, 0.15) is 0 Å². The summed E-state index contributed by atoms with van der Waals surface area (Å²) in [7, 11) is 1.36. The maximum atomic E-state index is 9.40. The summed E-state index contributed by atoms with van der Waals surface area (Å²) in [6.45, 7) is 0. The van der Waals surface area contributed by atoms with Crippen molar-refractivity contribution in [3.05, 3.63) is 0 Å². The first-order valence-electron chi connectivity index (χ1n) is 3.90. The summed E-state index contributed by atoms with van der Waals surface area (Å²) in [6.07, 6.45) is -5.00. The summed E-state index contributed by atoms with van der Waals surface area (Å²) < 4.78 is 9.94. The van der Waals surface area contributed by atoms with Gasteiger partial charge in [0, 0.05) is 12.4 Å². The Morgan fingerprint density at radius 3 is 2.31 bits per heavy atom. The van der Waals surface area contributed by atoms with Gasteiger partial charge in [-0.15, -0.1) is 0 Å². The van der Waals surface area contributed by atoms with Gasteiger partial charge in [-0.25, -0.2) is 0 Å². The van der Waals surface area contributed by atoms with Crippen molar-refractivity contribution in [2.24, 2.45) is 0 Å². The van der Waals surface area contributed by atoms with Gasteiger partial charge >= 0.3 is 0 Å². The van der Waals surface area contributed by atoms with Crippen LogP contribution in [0.15, 0.2) is 0 Å². The highest BCUT2D eigenvalue weighted by atomic mass is 79.9. The maximum absolute atomic E-state index is 9.40. The van der Waals surface area contributed by atoms with E-state index in [1.54, 1.807) is 0 Å². The van der Waals surface area contributed by atoms with Gasteiger partial charge < -0.3 is 24.8 Å². The number of rotatable bonds is 2. The number of alkyl halides is 1. The number of aliphatic hydroxyl groups excluding tert-OH is 3. The molecule has 1 aliphatic rings. The van der Waals surface area contributed by atoms with E-state index >= 15 is 0 Å². The predicted molar refractivity (Wildman–Crippen MR) is 47.5 cm³/mol. The largest absolute Gasteiger partial charge is 0.388 e. The molecule has 0 spiro atoms. The van der Waals surface area contributed by atoms with Crippen LogP contribution in [0.25, 0.3) is 0 Å². The first-order valence-corrected chi connectivity index (χ1v) is 5.02. The lowest BCUT2D eigenvalue weighted by atomic mass is 10.0. The van der Waals surface area contributed by atoms with Crippen molar-refractivity contribution in [3.8, 4) is 0 Å². The minimum absolute atomic E-state index is 0.373. The Labute approximate surface area is 84.4 Å². The minimum Gasteiger partial charge on any atom is -0.388 e. The van der Waals surface area contributed by atoms with Gasteiger partial charge in [-0.1, -0.05) is 15.9 Å². The fourth-order valence-electron chi connectivity index (χ4n) is 1.24. The van der Waals surface area contributed by atoms with E-state index < -0.39 is 30.7 Å². The standard InChI is InChI=1S/C7H13BrO5/c1-12-7-6(11)5(10)4(9)3(2-8)13-7/h3-7,9-11H,2H2,1H3/t3?,4-,5+,6?,7+/m1/s1. The molecule has 0 aromatic heterocycles. The van der Waals surface area contributed by atoms with Gasteiger partial charge in [-0.2, -0.15) is 0 Å². The second kappa shape index (κ2) is 4.68. The summed E-state index contributed by atoms with van der Waals surface area (Å²) in [5.41, 5.74) is 0. The molecule has 0 aliphatic carbocycles. The van der Waals surface area contributed by atoms with Crippen LogP contribution in [0.3, 0.4) is 0 Å². The van der Waals surface area contributed by atoms with Crippen molar-refractivity contribution in [1.29, 1.82) is 0 Å². The normalized spacial score (nSPS) is 46.4. The Morgan fingerprint density at radius 1 is 1.23 bits per heavy atom. The molecule has 0 aromatic carbocycles. The van der Waals surface area contributed by atoms with Crippen molar-refractivity contribution in [3.63, 3.8) is 0 Å². The summed E-state index contributed by atoms with van der Waals surface area (Å²) >= 11 is 3.12. The monoisotopic (exact) mass is 256 g/mol. The molecule has 78 valence electrons. The summed E-state index contributed by atoms with van der Waals surface area (Å²) in [4.78, 5) is 0. The third kappa shape index (κ3) is 2.20. The fourth-order valence-corrected chi connectivity index (χ4v) is 1.77. The van der Waals surface area contributed by atoms with E-state index in [-0.39, 0.29) is 0 Å². The van der Waals surface area contributed by atoms with E-state index in [0.29, 0.717) is 5.33 Å². The Bertz CT molecular complexity index is 147. The van der Waals surface area contributed by atoms with Crippen molar-refractivity contribution in [1.82, 2.24) is 0 Å². The molecule has 1 saturated heterocycles. The zero-order chi connectivity index (χ0) is 10.0. The van der Waals surface area contributed by atoms with E-state index in [1.807, 2.05) is 0 Å². The summed E-state index contributed by atoms with van der Waals surface area (Å²) in [5, 5.41) is 28.5. The highest BCUT2D eigenvalue weighted by molar-refractivity contribution is 9.09. The molecule has 0 saturated carbocycles. The molecule has 1 rings (SSSR count). The molecular weight excluding hydrogens is 244 g/mol. The Kier molecular flexibility index (Phi) is 4.08. The second-order valence-electron chi connectivity index (χ2n) is 2.90. The van der Waals surface area contributed by atoms with Crippen LogP contribution >= 0.6 is 15.9 Å². The van der Waals surface area contributed by atoms with Crippen molar-refractivity contribution >= 4 is 15.9 Å². The van der Waals surface area contributed by atoms with E-state index in [1.165, 1.54) is 7.11 Å². The van der Waals surface area contributed by atoms with Crippen molar-refractivity contribution in [2.45, 2.75) is 30.7 Å². The van der Waals surface area contributed by atoms with Crippen LogP contribution in [-0.4, -0.2) is 58.5 Å². The molecule has 0 aromatic rings. The molecule has 2 unspecified atom stereocenters. The first-order chi connectivity index (χ1) is 6.11. The van der Waals surface area contributed by atoms with Gasteiger partial charge in [0.25, 0.3) is 0 Å². The molecule has 5 nitrogen and oxygen atoms in total. The van der Waals surface area contributed by atoms with Crippen molar-refractivity contribution in [2.75, 3.05) is 12.4 Å². The minimum atomic E-state index is -1.23. The third-order valence-corrected chi connectivity index (χ3v) is 2.69. The highest BCUT2D eigenvalue weighted by Crippen LogP contribution is 2.22. The molecule has 0 radical (unpaired) electrons. The van der Waals surface area contributed by atoms with Crippen LogP contribution in [0.4, 0.5) is 0 Å². The summed E-state index contributed by atoms with van der Waals surface area (Å²) in [5.74, 6) is 0. The number of methoxy groups -OCH3 is 1. The third-order valence-electron chi connectivity index (χ3n) is 2.05.